The van der Waals surface area contributed by atoms with Gasteiger partial charge in [-0.2, -0.15) is 0 Å². The van der Waals surface area contributed by atoms with E-state index in [-0.39, 0.29) is 11.0 Å². The molecule has 0 saturated heterocycles. The van der Waals surface area contributed by atoms with Crippen LogP contribution in [0.5, 0.6) is 5.75 Å². The van der Waals surface area contributed by atoms with Crippen LogP contribution in [0.2, 0.25) is 0 Å². The van der Waals surface area contributed by atoms with E-state index in [0.717, 1.165) is 0 Å². The molecule has 0 aliphatic heterocycles. The summed E-state index contributed by atoms with van der Waals surface area (Å²) >= 11 is 0. The van der Waals surface area contributed by atoms with Gasteiger partial charge >= 0.3 is 5.97 Å². The number of methoxy groups -OCH3 is 2. The fourth-order valence-corrected chi connectivity index (χ4v) is 2.27. The summed E-state index contributed by atoms with van der Waals surface area (Å²) in [5.41, 5.74) is 1.60. The zero-order valence-corrected chi connectivity index (χ0v) is 13.7. The predicted octanol–water partition coefficient (Wildman–Crippen LogP) is 2.99. The minimum Gasteiger partial charge on any atom is -0.497 e. The molecule has 5 heteroatoms. The summed E-state index contributed by atoms with van der Waals surface area (Å²) in [5.74, 6) is 5.85. The summed E-state index contributed by atoms with van der Waals surface area (Å²) in [6.07, 6.45) is 1.34. The van der Waals surface area contributed by atoms with Crippen LogP contribution in [-0.4, -0.2) is 20.2 Å². The monoisotopic (exact) mass is 334 g/mol. The second-order valence-electron chi connectivity index (χ2n) is 5.16. The lowest BCUT2D eigenvalue weighted by molar-refractivity contribution is 0.0600. The van der Waals surface area contributed by atoms with Crippen LogP contribution < -0.4 is 10.2 Å². The molecule has 0 spiro atoms. The summed E-state index contributed by atoms with van der Waals surface area (Å²) in [5, 5.41) is 0.409. The van der Waals surface area contributed by atoms with Gasteiger partial charge in [-0.3, -0.25) is 4.79 Å². The van der Waals surface area contributed by atoms with E-state index in [1.165, 1.54) is 20.5 Å². The van der Waals surface area contributed by atoms with Gasteiger partial charge < -0.3 is 13.9 Å². The van der Waals surface area contributed by atoms with Gasteiger partial charge in [-0.15, -0.1) is 0 Å². The van der Waals surface area contributed by atoms with Crippen LogP contribution in [0, 0.1) is 11.8 Å². The number of benzene rings is 2. The Kier molecular flexibility index (Phi) is 4.53. The van der Waals surface area contributed by atoms with Gasteiger partial charge in [0.2, 0.25) is 5.43 Å². The summed E-state index contributed by atoms with van der Waals surface area (Å²) in [6, 6.07) is 11.6. The molecule has 0 radical (unpaired) electrons. The van der Waals surface area contributed by atoms with Crippen LogP contribution in [0.3, 0.4) is 0 Å². The molecular formula is C20H14O5. The first-order valence-electron chi connectivity index (χ1n) is 7.42. The van der Waals surface area contributed by atoms with Crippen molar-refractivity contribution in [1.82, 2.24) is 0 Å². The molecule has 0 aliphatic rings. The lowest BCUT2D eigenvalue weighted by Gasteiger charge is -2.01. The molecule has 1 aromatic heterocycles. The smallest absolute Gasteiger partial charge is 0.337 e. The van der Waals surface area contributed by atoms with Crippen LogP contribution in [-0.2, 0) is 4.74 Å². The first kappa shape index (κ1) is 16.3. The van der Waals surface area contributed by atoms with Gasteiger partial charge in [-0.25, -0.2) is 4.79 Å². The van der Waals surface area contributed by atoms with E-state index in [0.29, 0.717) is 27.8 Å². The van der Waals surface area contributed by atoms with Gasteiger partial charge in [0, 0.05) is 5.56 Å². The Bertz CT molecular complexity index is 1050. The fourth-order valence-electron chi connectivity index (χ4n) is 2.27. The van der Waals surface area contributed by atoms with Gasteiger partial charge in [0.05, 0.1) is 25.2 Å². The van der Waals surface area contributed by atoms with Crippen molar-refractivity contribution >= 4 is 16.9 Å². The van der Waals surface area contributed by atoms with Crippen molar-refractivity contribution in [2.45, 2.75) is 0 Å². The van der Waals surface area contributed by atoms with Gasteiger partial charge in [0.15, 0.2) is 0 Å². The maximum Gasteiger partial charge on any atom is 0.337 e. The first-order chi connectivity index (χ1) is 12.1. The number of ether oxygens (including phenoxy) is 2. The standard InChI is InChI=1S/C20H14O5/c1-23-16-9-10-18-17(11-16)19(21)15(12-25-18)8-5-13-3-6-14(7-4-13)20(22)24-2/h3-4,6-7,9-12H,1-2H3. The van der Waals surface area contributed by atoms with Crippen molar-refractivity contribution < 1.29 is 18.7 Å². The van der Waals surface area contributed by atoms with E-state index < -0.39 is 5.97 Å². The third-order valence-electron chi connectivity index (χ3n) is 3.63. The van der Waals surface area contributed by atoms with E-state index in [4.69, 9.17) is 9.15 Å². The molecule has 25 heavy (non-hydrogen) atoms. The molecule has 0 bridgehead atoms. The maximum absolute atomic E-state index is 12.5. The number of esters is 1. The van der Waals surface area contributed by atoms with Crippen LogP contribution in [0.4, 0.5) is 0 Å². The molecule has 0 aliphatic carbocycles. The molecule has 3 aromatic rings. The van der Waals surface area contributed by atoms with Gasteiger partial charge in [-0.1, -0.05) is 11.8 Å². The minimum absolute atomic E-state index is 0.223. The Balaban J connectivity index is 1.96. The molecule has 124 valence electrons. The van der Waals surface area contributed by atoms with Gasteiger partial charge in [0.25, 0.3) is 0 Å². The number of carbonyl (C=O) groups is 1. The molecule has 0 atom stereocenters. The largest absolute Gasteiger partial charge is 0.497 e. The van der Waals surface area contributed by atoms with Gasteiger partial charge in [-0.05, 0) is 42.5 Å². The van der Waals surface area contributed by atoms with Crippen molar-refractivity contribution in [3.05, 3.63) is 75.6 Å². The van der Waals surface area contributed by atoms with E-state index in [1.54, 1.807) is 42.5 Å². The minimum atomic E-state index is -0.413. The third-order valence-corrected chi connectivity index (χ3v) is 3.63. The molecule has 1 heterocycles. The maximum atomic E-state index is 12.5. The number of hydrogen-bond acceptors (Lipinski definition) is 5. The average Bonchev–Trinajstić information content (AvgIpc) is 2.67. The Hall–Kier alpha value is -3.52. The average molecular weight is 334 g/mol. The zero-order valence-electron chi connectivity index (χ0n) is 13.7. The van der Waals surface area contributed by atoms with E-state index in [9.17, 15) is 9.59 Å². The molecule has 2 aromatic carbocycles. The van der Waals surface area contributed by atoms with Crippen LogP contribution >= 0.6 is 0 Å². The Morgan fingerprint density at radius 2 is 1.80 bits per heavy atom. The summed E-state index contributed by atoms with van der Waals surface area (Å²) < 4.78 is 15.2. The molecule has 0 unspecified atom stereocenters. The van der Waals surface area contributed by atoms with Crippen molar-refractivity contribution in [2.75, 3.05) is 14.2 Å². The Morgan fingerprint density at radius 3 is 2.48 bits per heavy atom. The first-order valence-corrected chi connectivity index (χ1v) is 7.42. The van der Waals surface area contributed by atoms with Gasteiger partial charge in [0.1, 0.15) is 23.2 Å². The van der Waals surface area contributed by atoms with E-state index in [2.05, 4.69) is 16.6 Å². The highest BCUT2D eigenvalue weighted by molar-refractivity contribution is 5.89. The number of carbonyl (C=O) groups excluding carboxylic acids is 1. The second-order valence-corrected chi connectivity index (χ2v) is 5.16. The second kappa shape index (κ2) is 6.93. The lowest BCUT2D eigenvalue weighted by Crippen LogP contribution is -2.05. The quantitative estimate of drug-likeness (QED) is 0.532. The molecule has 3 rings (SSSR count). The summed E-state index contributed by atoms with van der Waals surface area (Å²) in [6.45, 7) is 0. The van der Waals surface area contributed by atoms with Crippen LogP contribution in [0.25, 0.3) is 11.0 Å². The highest BCUT2D eigenvalue weighted by Gasteiger charge is 2.07. The van der Waals surface area contributed by atoms with Crippen LogP contribution in [0.1, 0.15) is 21.5 Å². The number of hydrogen-bond donors (Lipinski definition) is 0. The Morgan fingerprint density at radius 1 is 1.04 bits per heavy atom. The lowest BCUT2D eigenvalue weighted by atomic mass is 10.1. The van der Waals surface area contributed by atoms with Crippen LogP contribution in [0.15, 0.2) is 57.9 Å². The van der Waals surface area contributed by atoms with Crippen molar-refractivity contribution in [3.8, 4) is 17.6 Å². The normalized spacial score (nSPS) is 10.0. The summed E-state index contributed by atoms with van der Waals surface area (Å²) in [7, 11) is 2.86. The molecule has 0 saturated carbocycles. The molecular weight excluding hydrogens is 320 g/mol. The molecule has 0 N–H and O–H groups in total. The van der Waals surface area contributed by atoms with E-state index in [1.807, 2.05) is 0 Å². The molecule has 0 amide bonds. The number of rotatable bonds is 2. The van der Waals surface area contributed by atoms with Crippen molar-refractivity contribution in [1.29, 1.82) is 0 Å². The van der Waals surface area contributed by atoms with Crippen molar-refractivity contribution in [2.24, 2.45) is 0 Å². The highest BCUT2D eigenvalue weighted by Crippen LogP contribution is 2.18. The number of fused-ring (bicyclic) bond motifs is 1. The fraction of sp³-hybridized carbons (Fsp3) is 0.100. The summed E-state index contributed by atoms with van der Waals surface area (Å²) in [4.78, 5) is 23.9. The molecule has 5 nitrogen and oxygen atoms in total. The highest BCUT2D eigenvalue weighted by atomic mass is 16.5. The third kappa shape index (κ3) is 3.38. The SMILES string of the molecule is COC(=O)c1ccc(C#Cc2coc3ccc(OC)cc3c2=O)cc1. The zero-order chi connectivity index (χ0) is 17.8. The molecule has 0 fully saturated rings. The Labute approximate surface area is 143 Å². The van der Waals surface area contributed by atoms with E-state index >= 15 is 0 Å². The predicted molar refractivity (Wildman–Crippen MR) is 92.8 cm³/mol. The van der Waals surface area contributed by atoms with Crippen molar-refractivity contribution in [3.63, 3.8) is 0 Å². The topological polar surface area (TPSA) is 65.7 Å².